The van der Waals surface area contributed by atoms with Gasteiger partial charge in [-0.1, -0.05) is 0 Å². The summed E-state index contributed by atoms with van der Waals surface area (Å²) in [6, 6.07) is 0.480. The van der Waals surface area contributed by atoms with Crippen LogP contribution < -0.4 is 16.7 Å². The molecule has 0 heterocycles. The first-order chi connectivity index (χ1) is 5.22. The maximum atomic E-state index is 5.23. The van der Waals surface area contributed by atoms with Gasteiger partial charge in [0.05, 0.1) is 6.04 Å². The van der Waals surface area contributed by atoms with Gasteiger partial charge >= 0.3 is 0 Å². The molecular formula is C6H15N5. The standard InChI is InChI=1S/C6H15N5/c1-11(2)10-6(9-7)8-5-3-4-5/h5H,3-4,7H2,1-2H3,(H2,8,9,10). The van der Waals surface area contributed by atoms with Gasteiger partial charge in [0.15, 0.2) is 0 Å². The Balaban J connectivity index is 2.34. The monoisotopic (exact) mass is 157 g/mol. The van der Waals surface area contributed by atoms with Gasteiger partial charge in [-0.15, -0.1) is 0 Å². The average Bonchev–Trinajstić information content (AvgIpc) is 2.69. The maximum Gasteiger partial charge on any atom is 0.220 e. The molecule has 1 aliphatic rings. The van der Waals surface area contributed by atoms with Gasteiger partial charge in [0.2, 0.25) is 5.96 Å². The van der Waals surface area contributed by atoms with Crippen LogP contribution in [-0.2, 0) is 0 Å². The molecule has 0 aromatic rings. The van der Waals surface area contributed by atoms with Gasteiger partial charge in [0, 0.05) is 14.1 Å². The van der Waals surface area contributed by atoms with Crippen LogP contribution in [0.3, 0.4) is 0 Å². The Hall–Kier alpha value is -0.810. The molecule has 0 spiro atoms. The van der Waals surface area contributed by atoms with Crippen molar-refractivity contribution in [3.05, 3.63) is 0 Å². The molecule has 1 aliphatic carbocycles. The summed E-state index contributed by atoms with van der Waals surface area (Å²) >= 11 is 0. The molecule has 0 bridgehead atoms. The second-order valence-electron chi connectivity index (χ2n) is 2.86. The minimum atomic E-state index is 0.480. The zero-order valence-electron chi connectivity index (χ0n) is 6.96. The number of nitrogens with one attached hydrogen (secondary N) is 2. The molecule has 0 atom stereocenters. The number of hydrazine groups is 2. The molecular weight excluding hydrogens is 142 g/mol. The predicted molar refractivity (Wildman–Crippen MR) is 44.6 cm³/mol. The first-order valence-electron chi connectivity index (χ1n) is 3.71. The maximum absolute atomic E-state index is 5.23. The predicted octanol–water partition coefficient (Wildman–Crippen LogP) is -0.966. The van der Waals surface area contributed by atoms with E-state index in [4.69, 9.17) is 5.84 Å². The Morgan fingerprint density at radius 2 is 2.18 bits per heavy atom. The zero-order valence-corrected chi connectivity index (χ0v) is 6.96. The molecule has 1 fully saturated rings. The average molecular weight is 157 g/mol. The molecule has 0 aliphatic heterocycles. The van der Waals surface area contributed by atoms with Crippen molar-refractivity contribution in [3.8, 4) is 0 Å². The summed E-state index contributed by atoms with van der Waals surface area (Å²) in [6.45, 7) is 0. The zero-order chi connectivity index (χ0) is 8.27. The van der Waals surface area contributed by atoms with Crippen molar-refractivity contribution in [2.45, 2.75) is 18.9 Å². The van der Waals surface area contributed by atoms with E-state index >= 15 is 0 Å². The Labute approximate surface area is 66.6 Å². The van der Waals surface area contributed by atoms with Crippen LogP contribution in [0.25, 0.3) is 0 Å². The van der Waals surface area contributed by atoms with E-state index in [1.54, 1.807) is 5.01 Å². The third-order valence-corrected chi connectivity index (χ3v) is 1.32. The highest BCUT2D eigenvalue weighted by atomic mass is 15.5. The summed E-state index contributed by atoms with van der Waals surface area (Å²) in [4.78, 5) is 4.27. The third kappa shape index (κ3) is 3.20. The summed E-state index contributed by atoms with van der Waals surface area (Å²) in [5, 5.41) is 1.79. The molecule has 64 valence electrons. The van der Waals surface area contributed by atoms with Crippen molar-refractivity contribution in [1.29, 1.82) is 0 Å². The second-order valence-corrected chi connectivity index (χ2v) is 2.86. The smallest absolute Gasteiger partial charge is 0.220 e. The highest BCUT2D eigenvalue weighted by Gasteiger charge is 2.20. The van der Waals surface area contributed by atoms with E-state index in [-0.39, 0.29) is 0 Å². The van der Waals surface area contributed by atoms with Gasteiger partial charge in [-0.2, -0.15) is 0 Å². The fourth-order valence-corrected chi connectivity index (χ4v) is 0.696. The topological polar surface area (TPSA) is 65.7 Å². The molecule has 0 amide bonds. The molecule has 0 unspecified atom stereocenters. The highest BCUT2D eigenvalue weighted by molar-refractivity contribution is 5.78. The largest absolute Gasteiger partial charge is 0.293 e. The van der Waals surface area contributed by atoms with Crippen LogP contribution in [0.2, 0.25) is 0 Å². The number of aliphatic imine (C=N–C) groups is 1. The molecule has 0 aromatic heterocycles. The molecule has 5 nitrogen and oxygen atoms in total. The summed E-state index contributed by atoms with van der Waals surface area (Å²) in [6.07, 6.45) is 2.36. The van der Waals surface area contributed by atoms with E-state index in [1.165, 1.54) is 12.8 Å². The van der Waals surface area contributed by atoms with E-state index < -0.39 is 0 Å². The number of guanidine groups is 1. The van der Waals surface area contributed by atoms with E-state index in [0.717, 1.165) is 0 Å². The minimum Gasteiger partial charge on any atom is -0.293 e. The van der Waals surface area contributed by atoms with Crippen LogP contribution in [0.15, 0.2) is 4.99 Å². The van der Waals surface area contributed by atoms with Gasteiger partial charge < -0.3 is 0 Å². The van der Waals surface area contributed by atoms with Gasteiger partial charge in [0.1, 0.15) is 0 Å². The molecule has 11 heavy (non-hydrogen) atoms. The van der Waals surface area contributed by atoms with Crippen LogP contribution in [0.5, 0.6) is 0 Å². The van der Waals surface area contributed by atoms with E-state index in [1.807, 2.05) is 14.1 Å². The Kier molecular flexibility index (Phi) is 2.67. The molecule has 1 rings (SSSR count). The van der Waals surface area contributed by atoms with E-state index in [2.05, 4.69) is 15.8 Å². The number of hydrogen-bond donors (Lipinski definition) is 3. The molecule has 4 N–H and O–H groups in total. The van der Waals surface area contributed by atoms with Crippen LogP contribution >= 0.6 is 0 Å². The highest BCUT2D eigenvalue weighted by Crippen LogP contribution is 2.22. The van der Waals surface area contributed by atoms with Gasteiger partial charge in [-0.25, -0.2) is 15.8 Å². The quantitative estimate of drug-likeness (QED) is 0.209. The number of hydrogen-bond acceptors (Lipinski definition) is 3. The van der Waals surface area contributed by atoms with Gasteiger partial charge in [-0.05, 0) is 12.8 Å². The van der Waals surface area contributed by atoms with Crippen molar-refractivity contribution < 1.29 is 0 Å². The summed E-state index contributed by atoms with van der Waals surface area (Å²) in [7, 11) is 3.78. The lowest BCUT2D eigenvalue weighted by molar-refractivity contribution is 0.355. The SMILES string of the molecule is CN(C)NC(=NC1CC1)NN. The van der Waals surface area contributed by atoms with Crippen molar-refractivity contribution in [2.75, 3.05) is 14.1 Å². The number of nitrogens with two attached hydrogens (primary N) is 1. The van der Waals surface area contributed by atoms with Crippen molar-refractivity contribution in [2.24, 2.45) is 10.8 Å². The van der Waals surface area contributed by atoms with Crippen molar-refractivity contribution in [1.82, 2.24) is 15.9 Å². The first kappa shape index (κ1) is 8.29. The number of nitrogens with zero attached hydrogens (tertiary/aromatic N) is 2. The summed E-state index contributed by atoms with van der Waals surface area (Å²) < 4.78 is 0. The van der Waals surface area contributed by atoms with Crippen molar-refractivity contribution in [3.63, 3.8) is 0 Å². The molecule has 1 saturated carbocycles. The Morgan fingerprint density at radius 3 is 2.55 bits per heavy atom. The Morgan fingerprint density at radius 1 is 1.55 bits per heavy atom. The molecule has 0 saturated heterocycles. The molecule has 0 aromatic carbocycles. The second kappa shape index (κ2) is 3.54. The fourth-order valence-electron chi connectivity index (χ4n) is 0.696. The molecule has 0 radical (unpaired) electrons. The van der Waals surface area contributed by atoms with Crippen LogP contribution in [-0.4, -0.2) is 31.1 Å². The van der Waals surface area contributed by atoms with Gasteiger partial charge in [-0.3, -0.25) is 10.9 Å². The molecule has 5 heteroatoms. The van der Waals surface area contributed by atoms with Crippen molar-refractivity contribution >= 4 is 5.96 Å². The Bertz CT molecular complexity index is 149. The van der Waals surface area contributed by atoms with Crippen LogP contribution in [0.4, 0.5) is 0 Å². The fraction of sp³-hybridized carbons (Fsp3) is 0.833. The lowest BCUT2D eigenvalue weighted by atomic mass is 10.7. The summed E-state index contributed by atoms with van der Waals surface area (Å²) in [5.74, 6) is 5.86. The van der Waals surface area contributed by atoms with E-state index in [9.17, 15) is 0 Å². The first-order valence-corrected chi connectivity index (χ1v) is 3.71. The summed E-state index contributed by atoms with van der Waals surface area (Å²) in [5.41, 5.74) is 5.45. The van der Waals surface area contributed by atoms with Gasteiger partial charge in [0.25, 0.3) is 0 Å². The normalized spacial score (nSPS) is 18.7. The third-order valence-electron chi connectivity index (χ3n) is 1.32. The van der Waals surface area contributed by atoms with E-state index in [0.29, 0.717) is 12.0 Å². The number of rotatable bonds is 2. The lowest BCUT2D eigenvalue weighted by Crippen LogP contribution is -2.47. The minimum absolute atomic E-state index is 0.480. The lowest BCUT2D eigenvalue weighted by Gasteiger charge is -2.14. The van der Waals surface area contributed by atoms with Crippen LogP contribution in [0, 0.1) is 0 Å². The van der Waals surface area contributed by atoms with Crippen LogP contribution in [0.1, 0.15) is 12.8 Å².